The van der Waals surface area contributed by atoms with Crippen molar-refractivity contribution in [1.82, 2.24) is 0 Å². The summed E-state index contributed by atoms with van der Waals surface area (Å²) < 4.78 is 0. The minimum Gasteiger partial charge on any atom is -0.106 e. The number of benzene rings is 3. The number of fused-ring (bicyclic) bond motifs is 1. The van der Waals surface area contributed by atoms with Gasteiger partial charge >= 0.3 is 0 Å². The fourth-order valence-corrected chi connectivity index (χ4v) is 3.51. The summed E-state index contributed by atoms with van der Waals surface area (Å²) in [5.74, 6) is 0. The van der Waals surface area contributed by atoms with E-state index in [9.17, 15) is 0 Å². The van der Waals surface area contributed by atoms with Gasteiger partial charge < -0.3 is 0 Å². The summed E-state index contributed by atoms with van der Waals surface area (Å²) in [6, 6.07) is 25.8. The molecule has 1 aliphatic carbocycles. The van der Waals surface area contributed by atoms with Gasteiger partial charge in [-0.25, -0.2) is 0 Å². The average Bonchev–Trinajstić information content (AvgIpc) is 3.33. The van der Waals surface area contributed by atoms with Crippen LogP contribution in [-0.2, 0) is 19.3 Å². The highest BCUT2D eigenvalue weighted by atomic mass is 14.1. The Balaban J connectivity index is 0.000000308. The van der Waals surface area contributed by atoms with E-state index in [0.717, 1.165) is 25.7 Å². The number of hydrogen-bond acceptors (Lipinski definition) is 0. The second kappa shape index (κ2) is 15.4. The van der Waals surface area contributed by atoms with Gasteiger partial charge in [-0.3, -0.25) is 0 Å². The first-order valence-corrected chi connectivity index (χ1v) is 11.1. The highest BCUT2D eigenvalue weighted by Crippen LogP contribution is 2.21. The molecule has 3 aromatic rings. The first-order valence-electron chi connectivity index (χ1n) is 11.1. The minimum atomic E-state index is 0.993. The Kier molecular flexibility index (Phi) is 12.8. The van der Waals surface area contributed by atoms with Crippen molar-refractivity contribution in [2.45, 2.75) is 39.5 Å². The molecule has 0 atom stereocenters. The third-order valence-corrected chi connectivity index (χ3v) is 5.25. The van der Waals surface area contributed by atoms with E-state index in [4.69, 9.17) is 0 Å². The van der Waals surface area contributed by atoms with Gasteiger partial charge in [0.2, 0.25) is 0 Å². The Morgan fingerprint density at radius 1 is 0.750 bits per heavy atom. The average molecular weight is 423 g/mol. The maximum atomic E-state index is 4.19. The van der Waals surface area contributed by atoms with Crippen LogP contribution in [0.3, 0.4) is 0 Å². The molecule has 0 unspecified atom stereocenters. The normalized spacial score (nSPS) is 10.3. The molecule has 0 amide bonds. The molecule has 3 aromatic carbocycles. The van der Waals surface area contributed by atoms with E-state index in [-0.39, 0.29) is 0 Å². The van der Waals surface area contributed by atoms with Gasteiger partial charge in [0, 0.05) is 0 Å². The van der Waals surface area contributed by atoms with Gasteiger partial charge in [0.05, 0.1) is 0 Å². The van der Waals surface area contributed by atoms with Crippen molar-refractivity contribution in [3.63, 3.8) is 0 Å². The summed E-state index contributed by atoms with van der Waals surface area (Å²) >= 11 is 0. The van der Waals surface area contributed by atoms with Gasteiger partial charge in [0.25, 0.3) is 0 Å². The molecule has 0 saturated heterocycles. The summed E-state index contributed by atoms with van der Waals surface area (Å²) in [7, 11) is 0. The largest absolute Gasteiger partial charge is 0.106 e. The summed E-state index contributed by atoms with van der Waals surface area (Å²) in [6.45, 7) is 20.5. The topological polar surface area (TPSA) is 0 Å². The van der Waals surface area contributed by atoms with Gasteiger partial charge in [-0.05, 0) is 67.3 Å². The summed E-state index contributed by atoms with van der Waals surface area (Å²) in [5.41, 5.74) is 9.70. The Labute approximate surface area is 196 Å². The smallest absolute Gasteiger partial charge is 0.00697 e. The molecule has 1 aliphatic rings. The molecule has 32 heavy (non-hydrogen) atoms. The second-order valence-electron chi connectivity index (χ2n) is 7.65. The number of hydrogen-bond donors (Lipinski definition) is 0. The van der Waals surface area contributed by atoms with Crippen LogP contribution in [0.15, 0.2) is 117 Å². The van der Waals surface area contributed by atoms with Crippen LogP contribution in [0.1, 0.15) is 39.8 Å². The zero-order valence-corrected chi connectivity index (χ0v) is 19.9. The number of aryl methyl sites for hydroxylation is 3. The number of allylic oxidation sites excluding steroid dienone is 2. The molecule has 0 fully saturated rings. The molecule has 0 radical (unpaired) electrons. The van der Waals surface area contributed by atoms with Crippen LogP contribution in [-0.4, -0.2) is 0 Å². The molecule has 4 rings (SSSR count). The van der Waals surface area contributed by atoms with Gasteiger partial charge in [-0.1, -0.05) is 103 Å². The van der Waals surface area contributed by atoms with Crippen molar-refractivity contribution in [3.8, 4) is 0 Å². The van der Waals surface area contributed by atoms with E-state index in [1.807, 2.05) is 0 Å². The fraction of sp³-hybridized carbons (Fsp3) is 0.188. The molecule has 0 spiro atoms. The monoisotopic (exact) mass is 422 g/mol. The molecule has 0 heteroatoms. The molecule has 0 N–H and O–H groups in total. The third-order valence-electron chi connectivity index (χ3n) is 5.25. The number of rotatable bonds is 5. The van der Waals surface area contributed by atoms with E-state index in [0.29, 0.717) is 0 Å². The zero-order chi connectivity index (χ0) is 23.8. The quantitative estimate of drug-likeness (QED) is 0.360. The Hall–Kier alpha value is -3.38. The van der Waals surface area contributed by atoms with Crippen LogP contribution in [0.25, 0.3) is 6.08 Å². The van der Waals surface area contributed by atoms with E-state index < -0.39 is 0 Å². The molecular formula is C32H38. The lowest BCUT2D eigenvalue weighted by Crippen LogP contribution is -1.93. The standard InChI is InChI=1S/C18H20.C10H10.2C2H4/c1-15-8-12-18(13-9-15)14-16(2)10-11-17-6-4-3-5-7-17;1-8-4-2-5-9-6-3-7-10(8)9;2*1-2/h3-9,12-13H,2,10-11,14H2,1H3;2-6H,7H2,1H3;2*1-2H2. The zero-order valence-electron chi connectivity index (χ0n) is 19.9. The van der Waals surface area contributed by atoms with Crippen LogP contribution >= 0.6 is 0 Å². The van der Waals surface area contributed by atoms with E-state index in [1.165, 1.54) is 39.0 Å². The van der Waals surface area contributed by atoms with Crippen LogP contribution < -0.4 is 0 Å². The van der Waals surface area contributed by atoms with E-state index in [2.05, 4.69) is 132 Å². The van der Waals surface area contributed by atoms with Crippen LogP contribution in [0.2, 0.25) is 0 Å². The van der Waals surface area contributed by atoms with Gasteiger partial charge in [-0.15, -0.1) is 26.3 Å². The maximum Gasteiger partial charge on any atom is -0.00697 e. The Morgan fingerprint density at radius 2 is 1.41 bits per heavy atom. The van der Waals surface area contributed by atoms with Crippen molar-refractivity contribution in [2.75, 3.05) is 0 Å². The highest BCUT2D eigenvalue weighted by Gasteiger charge is 2.05. The molecule has 0 nitrogen and oxygen atoms in total. The molecule has 166 valence electrons. The van der Waals surface area contributed by atoms with Crippen molar-refractivity contribution in [1.29, 1.82) is 0 Å². The molecule has 0 bridgehead atoms. The Morgan fingerprint density at radius 3 is 2.03 bits per heavy atom. The third kappa shape index (κ3) is 9.18. The van der Waals surface area contributed by atoms with Crippen LogP contribution in [0.5, 0.6) is 0 Å². The molecule has 0 heterocycles. The molecule has 0 saturated carbocycles. The van der Waals surface area contributed by atoms with Gasteiger partial charge in [0.15, 0.2) is 0 Å². The Bertz CT molecular complexity index is 957. The van der Waals surface area contributed by atoms with Crippen LogP contribution in [0.4, 0.5) is 0 Å². The van der Waals surface area contributed by atoms with Crippen molar-refractivity contribution >= 4 is 6.08 Å². The van der Waals surface area contributed by atoms with Gasteiger partial charge in [-0.2, -0.15) is 0 Å². The first-order chi connectivity index (χ1) is 15.6. The lowest BCUT2D eigenvalue weighted by Gasteiger charge is -2.06. The predicted molar refractivity (Wildman–Crippen MR) is 145 cm³/mol. The maximum absolute atomic E-state index is 4.19. The van der Waals surface area contributed by atoms with Crippen molar-refractivity contribution < 1.29 is 0 Å². The lowest BCUT2D eigenvalue weighted by atomic mass is 9.99. The first kappa shape index (κ1) is 26.7. The predicted octanol–water partition coefficient (Wildman–Crippen LogP) is 8.90. The summed E-state index contributed by atoms with van der Waals surface area (Å²) in [5, 5.41) is 0. The van der Waals surface area contributed by atoms with Crippen molar-refractivity contribution in [3.05, 3.63) is 151 Å². The second-order valence-corrected chi connectivity index (χ2v) is 7.65. The van der Waals surface area contributed by atoms with Crippen molar-refractivity contribution in [2.24, 2.45) is 0 Å². The highest BCUT2D eigenvalue weighted by molar-refractivity contribution is 5.61. The SMILES string of the molecule is C=C.C=C.C=C(CCc1ccccc1)Cc1ccc(C)cc1.Cc1cccc2c1CC=C2. The fourth-order valence-electron chi connectivity index (χ4n) is 3.51. The minimum absolute atomic E-state index is 0.993. The van der Waals surface area contributed by atoms with E-state index in [1.54, 1.807) is 0 Å². The molecular weight excluding hydrogens is 384 g/mol. The van der Waals surface area contributed by atoms with Gasteiger partial charge in [0.1, 0.15) is 0 Å². The van der Waals surface area contributed by atoms with E-state index >= 15 is 0 Å². The summed E-state index contributed by atoms with van der Waals surface area (Å²) in [4.78, 5) is 0. The summed E-state index contributed by atoms with van der Waals surface area (Å²) in [6.07, 6.45) is 8.69. The molecule has 0 aromatic heterocycles. The lowest BCUT2D eigenvalue weighted by molar-refractivity contribution is 0.904. The molecule has 0 aliphatic heterocycles. The van der Waals surface area contributed by atoms with Crippen LogP contribution in [0, 0.1) is 13.8 Å².